The fourth-order valence-corrected chi connectivity index (χ4v) is 1.83. The van der Waals surface area contributed by atoms with Crippen molar-refractivity contribution < 1.29 is 9.53 Å². The van der Waals surface area contributed by atoms with Crippen LogP contribution in [0.1, 0.15) is 37.0 Å². The molecule has 1 aromatic heterocycles. The standard InChI is InChI=1S/C15H20N4O2/c1-15(2,3)13-8-11(18-19-13)14(20)17-9-5-6-12(21-4)10(16)7-9/h5-8H,16H2,1-4H3,(H,17,20)(H,18,19). The Morgan fingerprint density at radius 2 is 2.05 bits per heavy atom. The van der Waals surface area contributed by atoms with Gasteiger partial charge in [0.05, 0.1) is 12.8 Å². The highest BCUT2D eigenvalue weighted by Crippen LogP contribution is 2.25. The fourth-order valence-electron chi connectivity index (χ4n) is 1.83. The number of carbonyl (C=O) groups excluding carboxylic acids is 1. The summed E-state index contributed by atoms with van der Waals surface area (Å²) < 4.78 is 5.08. The van der Waals surface area contributed by atoms with Crippen LogP contribution in [0.25, 0.3) is 0 Å². The summed E-state index contributed by atoms with van der Waals surface area (Å²) in [4.78, 5) is 12.2. The summed E-state index contributed by atoms with van der Waals surface area (Å²) in [6, 6.07) is 6.83. The highest BCUT2D eigenvalue weighted by atomic mass is 16.5. The molecule has 21 heavy (non-hydrogen) atoms. The summed E-state index contributed by atoms with van der Waals surface area (Å²) in [6.07, 6.45) is 0. The molecule has 0 aliphatic rings. The van der Waals surface area contributed by atoms with E-state index in [9.17, 15) is 4.79 Å². The summed E-state index contributed by atoms with van der Waals surface area (Å²) in [5.41, 5.74) is 8.03. The van der Waals surface area contributed by atoms with E-state index in [4.69, 9.17) is 10.5 Å². The van der Waals surface area contributed by atoms with E-state index < -0.39 is 0 Å². The van der Waals surface area contributed by atoms with Gasteiger partial charge in [-0.2, -0.15) is 5.10 Å². The average molecular weight is 288 g/mol. The SMILES string of the molecule is COc1ccc(NC(=O)c2cc(C(C)(C)C)[nH]n2)cc1N. The number of aromatic nitrogens is 2. The van der Waals surface area contributed by atoms with Gasteiger partial charge in [-0.25, -0.2) is 0 Å². The molecule has 0 saturated carbocycles. The number of anilines is 2. The van der Waals surface area contributed by atoms with Crippen LogP contribution in [0, 0.1) is 0 Å². The maximum atomic E-state index is 12.2. The number of aromatic amines is 1. The van der Waals surface area contributed by atoms with Crippen molar-refractivity contribution in [3.8, 4) is 5.75 Å². The van der Waals surface area contributed by atoms with Crippen molar-refractivity contribution in [1.29, 1.82) is 0 Å². The lowest BCUT2D eigenvalue weighted by Gasteiger charge is -2.14. The maximum Gasteiger partial charge on any atom is 0.276 e. The Labute approximate surface area is 123 Å². The van der Waals surface area contributed by atoms with Gasteiger partial charge in [0.25, 0.3) is 5.91 Å². The van der Waals surface area contributed by atoms with Gasteiger partial charge in [-0.1, -0.05) is 20.8 Å². The normalized spacial score (nSPS) is 11.2. The predicted molar refractivity (Wildman–Crippen MR) is 82.6 cm³/mol. The molecule has 0 unspecified atom stereocenters. The number of nitrogen functional groups attached to an aromatic ring is 1. The molecule has 0 bridgehead atoms. The smallest absolute Gasteiger partial charge is 0.276 e. The highest BCUT2D eigenvalue weighted by Gasteiger charge is 2.19. The summed E-state index contributed by atoms with van der Waals surface area (Å²) in [6.45, 7) is 6.14. The van der Waals surface area contributed by atoms with E-state index >= 15 is 0 Å². The Bertz CT molecular complexity index is 656. The number of amides is 1. The van der Waals surface area contributed by atoms with E-state index in [-0.39, 0.29) is 11.3 Å². The van der Waals surface area contributed by atoms with Crippen LogP contribution in [0.2, 0.25) is 0 Å². The number of methoxy groups -OCH3 is 1. The highest BCUT2D eigenvalue weighted by molar-refractivity contribution is 6.03. The van der Waals surface area contributed by atoms with Crippen molar-refractivity contribution in [3.05, 3.63) is 35.7 Å². The number of nitrogens with one attached hydrogen (secondary N) is 2. The van der Waals surface area contributed by atoms with E-state index in [2.05, 4.69) is 15.5 Å². The van der Waals surface area contributed by atoms with Crippen molar-refractivity contribution in [1.82, 2.24) is 10.2 Å². The van der Waals surface area contributed by atoms with Gasteiger partial charge in [-0.3, -0.25) is 9.89 Å². The Kier molecular flexibility index (Phi) is 3.88. The van der Waals surface area contributed by atoms with E-state index in [1.807, 2.05) is 20.8 Å². The van der Waals surface area contributed by atoms with Crippen molar-refractivity contribution in [2.24, 2.45) is 0 Å². The molecule has 1 heterocycles. The Hall–Kier alpha value is -2.50. The first-order valence-corrected chi connectivity index (χ1v) is 6.62. The van der Waals surface area contributed by atoms with Crippen LogP contribution in [-0.2, 0) is 5.41 Å². The van der Waals surface area contributed by atoms with Crippen LogP contribution in [-0.4, -0.2) is 23.2 Å². The number of hydrogen-bond donors (Lipinski definition) is 3. The molecule has 0 saturated heterocycles. The van der Waals surface area contributed by atoms with Crippen LogP contribution in [0.4, 0.5) is 11.4 Å². The molecule has 0 fully saturated rings. The molecule has 1 amide bonds. The third-order valence-corrected chi connectivity index (χ3v) is 3.11. The monoisotopic (exact) mass is 288 g/mol. The van der Waals surface area contributed by atoms with Crippen LogP contribution in [0.15, 0.2) is 24.3 Å². The first-order valence-electron chi connectivity index (χ1n) is 6.62. The second-order valence-corrected chi connectivity index (χ2v) is 5.83. The molecule has 0 radical (unpaired) electrons. The van der Waals surface area contributed by atoms with Crippen LogP contribution < -0.4 is 15.8 Å². The quantitative estimate of drug-likeness (QED) is 0.757. The largest absolute Gasteiger partial charge is 0.495 e. The van der Waals surface area contributed by atoms with Crippen LogP contribution in [0.3, 0.4) is 0 Å². The molecule has 0 aliphatic carbocycles. The number of carbonyl (C=O) groups is 1. The van der Waals surface area contributed by atoms with E-state index in [1.165, 1.54) is 0 Å². The van der Waals surface area contributed by atoms with Gasteiger partial charge in [-0.05, 0) is 24.3 Å². The number of hydrogen-bond acceptors (Lipinski definition) is 4. The fraction of sp³-hybridized carbons (Fsp3) is 0.333. The average Bonchev–Trinajstić information content (AvgIpc) is 2.88. The zero-order valence-electron chi connectivity index (χ0n) is 12.7. The number of nitrogens with zero attached hydrogens (tertiary/aromatic N) is 1. The Balaban J connectivity index is 2.14. The number of rotatable bonds is 3. The minimum atomic E-state index is -0.286. The number of nitrogens with two attached hydrogens (primary N) is 1. The van der Waals surface area contributed by atoms with E-state index in [0.29, 0.717) is 22.8 Å². The van der Waals surface area contributed by atoms with Crippen LogP contribution >= 0.6 is 0 Å². The molecule has 0 aliphatic heterocycles. The van der Waals surface area contributed by atoms with Gasteiger partial charge >= 0.3 is 0 Å². The molecule has 0 atom stereocenters. The molecule has 4 N–H and O–H groups in total. The van der Waals surface area contributed by atoms with Gasteiger partial charge < -0.3 is 15.8 Å². The first kappa shape index (κ1) is 14.9. The van der Waals surface area contributed by atoms with Crippen molar-refractivity contribution >= 4 is 17.3 Å². The minimum Gasteiger partial charge on any atom is -0.495 e. The van der Waals surface area contributed by atoms with Gasteiger partial charge in [0.1, 0.15) is 5.75 Å². The molecule has 6 heteroatoms. The van der Waals surface area contributed by atoms with Gasteiger partial charge in [0, 0.05) is 16.8 Å². The second-order valence-electron chi connectivity index (χ2n) is 5.83. The van der Waals surface area contributed by atoms with Crippen molar-refractivity contribution in [2.45, 2.75) is 26.2 Å². The lowest BCUT2D eigenvalue weighted by molar-refractivity contribution is 0.102. The molecule has 2 rings (SSSR count). The maximum absolute atomic E-state index is 12.2. The zero-order chi connectivity index (χ0) is 15.6. The second kappa shape index (κ2) is 5.47. The van der Waals surface area contributed by atoms with Gasteiger partial charge in [-0.15, -0.1) is 0 Å². The summed E-state index contributed by atoms with van der Waals surface area (Å²) in [7, 11) is 1.54. The first-order chi connectivity index (χ1) is 9.81. The lowest BCUT2D eigenvalue weighted by Crippen LogP contribution is -2.13. The molecule has 2 aromatic rings. The van der Waals surface area contributed by atoms with Crippen molar-refractivity contribution in [2.75, 3.05) is 18.2 Å². The number of H-pyrrole nitrogens is 1. The van der Waals surface area contributed by atoms with E-state index in [0.717, 1.165) is 5.69 Å². The van der Waals surface area contributed by atoms with Crippen LogP contribution in [0.5, 0.6) is 5.75 Å². The van der Waals surface area contributed by atoms with E-state index in [1.54, 1.807) is 31.4 Å². The molecule has 1 aromatic carbocycles. The molecular weight excluding hydrogens is 268 g/mol. The summed E-state index contributed by atoms with van der Waals surface area (Å²) >= 11 is 0. The number of benzene rings is 1. The molecule has 0 spiro atoms. The summed E-state index contributed by atoms with van der Waals surface area (Å²) in [5, 5.41) is 9.69. The molecule has 112 valence electrons. The van der Waals surface area contributed by atoms with Gasteiger partial charge in [0.15, 0.2) is 5.69 Å². The van der Waals surface area contributed by atoms with Crippen molar-refractivity contribution in [3.63, 3.8) is 0 Å². The zero-order valence-corrected chi connectivity index (χ0v) is 12.7. The Morgan fingerprint density at radius 3 is 2.57 bits per heavy atom. The minimum absolute atomic E-state index is 0.0872. The summed E-state index contributed by atoms with van der Waals surface area (Å²) in [5.74, 6) is 0.286. The number of ether oxygens (including phenoxy) is 1. The molecule has 6 nitrogen and oxygen atoms in total. The van der Waals surface area contributed by atoms with Gasteiger partial charge in [0.2, 0.25) is 0 Å². The predicted octanol–water partition coefficient (Wildman–Crippen LogP) is 2.55. The Morgan fingerprint density at radius 1 is 1.33 bits per heavy atom. The third-order valence-electron chi connectivity index (χ3n) is 3.11. The third kappa shape index (κ3) is 3.34. The lowest BCUT2D eigenvalue weighted by atomic mass is 9.92. The molecular formula is C15H20N4O2. The topological polar surface area (TPSA) is 93.0 Å².